The number of benzene rings is 2. The summed E-state index contributed by atoms with van der Waals surface area (Å²) in [4.78, 5) is 18.0. The van der Waals surface area contributed by atoms with Crippen LogP contribution in [0.25, 0.3) is 16.2 Å². The van der Waals surface area contributed by atoms with Crippen molar-refractivity contribution in [1.29, 1.82) is 0 Å². The zero-order chi connectivity index (χ0) is 18.1. The number of methoxy groups -OCH3 is 1. The molecule has 2 heterocycles. The summed E-state index contributed by atoms with van der Waals surface area (Å²) in [5, 5.41) is 4.90. The summed E-state index contributed by atoms with van der Waals surface area (Å²) in [6, 6.07) is 12.9. The fourth-order valence-electron chi connectivity index (χ4n) is 2.60. The summed E-state index contributed by atoms with van der Waals surface area (Å²) < 4.78 is 7.92. The van der Waals surface area contributed by atoms with Gasteiger partial charge in [0.05, 0.1) is 17.3 Å². The van der Waals surface area contributed by atoms with Crippen molar-refractivity contribution in [3.05, 3.63) is 70.3 Å². The van der Waals surface area contributed by atoms with Crippen molar-refractivity contribution in [3.8, 4) is 17.0 Å². The van der Waals surface area contributed by atoms with Gasteiger partial charge in [0.1, 0.15) is 5.75 Å². The van der Waals surface area contributed by atoms with Gasteiger partial charge in [-0.25, -0.2) is 4.98 Å². The average molecular weight is 428 g/mol. The summed E-state index contributed by atoms with van der Waals surface area (Å²) in [5.41, 5.74) is 3.20. The zero-order valence-electron chi connectivity index (χ0n) is 13.8. The first-order valence-corrected chi connectivity index (χ1v) is 9.49. The molecule has 7 heteroatoms. The number of nitrogens with zero attached hydrogens (tertiary/aromatic N) is 2. The SMILES string of the molecule is COc1ccc(C(=O)Nc2ccc(-c3cn4ccsc4n3)cc2)cc1Br. The van der Waals surface area contributed by atoms with E-state index in [0.29, 0.717) is 11.3 Å². The lowest BCUT2D eigenvalue weighted by molar-refractivity contribution is 0.102. The molecule has 0 unspecified atom stereocenters. The van der Waals surface area contributed by atoms with Gasteiger partial charge in [0.15, 0.2) is 4.96 Å². The van der Waals surface area contributed by atoms with E-state index in [4.69, 9.17) is 4.74 Å². The lowest BCUT2D eigenvalue weighted by atomic mass is 10.1. The van der Waals surface area contributed by atoms with Gasteiger partial charge in [0.25, 0.3) is 5.91 Å². The molecule has 2 aromatic heterocycles. The molecule has 4 aromatic rings. The largest absolute Gasteiger partial charge is 0.496 e. The van der Waals surface area contributed by atoms with E-state index in [1.54, 1.807) is 36.6 Å². The van der Waals surface area contributed by atoms with Gasteiger partial charge < -0.3 is 10.1 Å². The van der Waals surface area contributed by atoms with E-state index in [1.807, 2.05) is 46.4 Å². The Morgan fingerprint density at radius 1 is 1.23 bits per heavy atom. The minimum absolute atomic E-state index is 0.177. The molecular formula is C19H14BrN3O2S. The average Bonchev–Trinajstić information content (AvgIpc) is 3.24. The van der Waals surface area contributed by atoms with Gasteiger partial charge in [0, 0.05) is 34.6 Å². The number of carbonyl (C=O) groups is 1. The van der Waals surface area contributed by atoms with Crippen molar-refractivity contribution in [2.24, 2.45) is 0 Å². The molecule has 1 amide bonds. The molecule has 0 saturated carbocycles. The molecule has 4 rings (SSSR count). The van der Waals surface area contributed by atoms with Gasteiger partial charge in [-0.2, -0.15) is 0 Å². The van der Waals surface area contributed by atoms with Crippen LogP contribution in [0.15, 0.2) is 64.7 Å². The number of ether oxygens (including phenoxy) is 1. The van der Waals surface area contributed by atoms with Gasteiger partial charge >= 0.3 is 0 Å². The molecule has 0 atom stereocenters. The molecule has 130 valence electrons. The van der Waals surface area contributed by atoms with Crippen LogP contribution in [0.2, 0.25) is 0 Å². The molecular weight excluding hydrogens is 414 g/mol. The summed E-state index contributed by atoms with van der Waals surface area (Å²) in [7, 11) is 1.59. The van der Waals surface area contributed by atoms with Gasteiger partial charge in [0.2, 0.25) is 0 Å². The van der Waals surface area contributed by atoms with E-state index < -0.39 is 0 Å². The van der Waals surface area contributed by atoms with Crippen LogP contribution >= 0.6 is 27.3 Å². The molecule has 0 saturated heterocycles. The van der Waals surface area contributed by atoms with Crippen LogP contribution in [-0.4, -0.2) is 22.4 Å². The number of aromatic nitrogens is 2. The number of anilines is 1. The van der Waals surface area contributed by atoms with E-state index in [-0.39, 0.29) is 5.91 Å². The second kappa shape index (κ2) is 6.93. The van der Waals surface area contributed by atoms with Crippen LogP contribution in [-0.2, 0) is 0 Å². The number of rotatable bonds is 4. The van der Waals surface area contributed by atoms with E-state index in [2.05, 4.69) is 26.2 Å². The first kappa shape index (κ1) is 16.8. The number of hydrogen-bond acceptors (Lipinski definition) is 4. The molecule has 5 nitrogen and oxygen atoms in total. The zero-order valence-corrected chi connectivity index (χ0v) is 16.2. The Kier molecular flexibility index (Phi) is 4.48. The van der Waals surface area contributed by atoms with Gasteiger partial charge in [-0.05, 0) is 46.3 Å². The number of thiazole rings is 1. The smallest absolute Gasteiger partial charge is 0.255 e. The van der Waals surface area contributed by atoms with Crippen LogP contribution in [0.3, 0.4) is 0 Å². The van der Waals surface area contributed by atoms with Crippen LogP contribution < -0.4 is 10.1 Å². The highest BCUT2D eigenvalue weighted by Crippen LogP contribution is 2.26. The molecule has 0 aliphatic carbocycles. The Labute approximate surface area is 162 Å². The van der Waals surface area contributed by atoms with E-state index in [9.17, 15) is 4.79 Å². The Bertz CT molecular complexity index is 1060. The van der Waals surface area contributed by atoms with E-state index in [0.717, 1.165) is 26.4 Å². The number of fused-ring (bicyclic) bond motifs is 1. The summed E-state index contributed by atoms with van der Waals surface area (Å²) in [5.74, 6) is 0.509. The standard InChI is InChI=1S/C19H14BrN3O2S/c1-25-17-7-4-13(10-15(17)20)18(24)21-14-5-2-12(3-6-14)16-11-23-8-9-26-19(23)22-16/h2-11H,1H3,(H,21,24). The molecule has 0 aliphatic heterocycles. The molecule has 2 aromatic carbocycles. The van der Waals surface area contributed by atoms with Gasteiger partial charge in [-0.1, -0.05) is 12.1 Å². The third kappa shape index (κ3) is 3.23. The normalized spacial score (nSPS) is 10.8. The van der Waals surface area contributed by atoms with Crippen molar-refractivity contribution in [2.45, 2.75) is 0 Å². The fraction of sp³-hybridized carbons (Fsp3) is 0.0526. The van der Waals surface area contributed by atoms with E-state index >= 15 is 0 Å². The van der Waals surface area contributed by atoms with Gasteiger partial charge in [-0.15, -0.1) is 11.3 Å². The summed E-state index contributed by atoms with van der Waals surface area (Å²) >= 11 is 4.99. The van der Waals surface area contributed by atoms with Crippen molar-refractivity contribution < 1.29 is 9.53 Å². The lowest BCUT2D eigenvalue weighted by Crippen LogP contribution is -2.11. The third-order valence-corrected chi connectivity index (χ3v) is 5.34. The van der Waals surface area contributed by atoms with Crippen molar-refractivity contribution >= 4 is 43.8 Å². The maximum absolute atomic E-state index is 12.4. The second-order valence-electron chi connectivity index (χ2n) is 5.60. The topological polar surface area (TPSA) is 55.6 Å². The lowest BCUT2D eigenvalue weighted by Gasteiger charge is -2.08. The minimum atomic E-state index is -0.177. The molecule has 1 N–H and O–H groups in total. The molecule has 0 radical (unpaired) electrons. The first-order chi connectivity index (χ1) is 12.6. The number of hydrogen-bond donors (Lipinski definition) is 1. The third-order valence-electron chi connectivity index (χ3n) is 3.95. The molecule has 0 spiro atoms. The van der Waals surface area contributed by atoms with Crippen LogP contribution in [0.1, 0.15) is 10.4 Å². The Balaban J connectivity index is 1.51. The maximum atomic E-state index is 12.4. The highest BCUT2D eigenvalue weighted by Gasteiger charge is 2.10. The number of halogens is 1. The molecule has 26 heavy (non-hydrogen) atoms. The quantitative estimate of drug-likeness (QED) is 0.493. The van der Waals surface area contributed by atoms with Gasteiger partial charge in [-0.3, -0.25) is 9.20 Å². The Morgan fingerprint density at radius 2 is 2.04 bits per heavy atom. The van der Waals surface area contributed by atoms with Crippen molar-refractivity contribution in [3.63, 3.8) is 0 Å². The number of carbonyl (C=O) groups excluding carboxylic acids is 1. The number of amides is 1. The minimum Gasteiger partial charge on any atom is -0.496 e. The predicted octanol–water partition coefficient (Wildman–Crippen LogP) is 5.09. The fourth-order valence-corrected chi connectivity index (χ4v) is 3.84. The van der Waals surface area contributed by atoms with Crippen LogP contribution in [0.4, 0.5) is 5.69 Å². The van der Waals surface area contributed by atoms with Crippen molar-refractivity contribution in [2.75, 3.05) is 12.4 Å². The second-order valence-corrected chi connectivity index (χ2v) is 7.33. The molecule has 0 fully saturated rings. The highest BCUT2D eigenvalue weighted by molar-refractivity contribution is 9.10. The number of nitrogens with one attached hydrogen (secondary N) is 1. The van der Waals surface area contributed by atoms with E-state index in [1.165, 1.54) is 0 Å². The Morgan fingerprint density at radius 3 is 2.73 bits per heavy atom. The van der Waals surface area contributed by atoms with Crippen LogP contribution in [0, 0.1) is 0 Å². The Hall–Kier alpha value is -2.64. The first-order valence-electron chi connectivity index (χ1n) is 7.81. The number of imidazole rings is 1. The summed E-state index contributed by atoms with van der Waals surface area (Å²) in [6.07, 6.45) is 3.98. The molecule has 0 bridgehead atoms. The summed E-state index contributed by atoms with van der Waals surface area (Å²) in [6.45, 7) is 0. The van der Waals surface area contributed by atoms with Crippen molar-refractivity contribution in [1.82, 2.24) is 9.38 Å². The monoisotopic (exact) mass is 427 g/mol. The maximum Gasteiger partial charge on any atom is 0.255 e. The molecule has 0 aliphatic rings. The van der Waals surface area contributed by atoms with Crippen LogP contribution in [0.5, 0.6) is 5.75 Å². The predicted molar refractivity (Wildman–Crippen MR) is 107 cm³/mol. The highest BCUT2D eigenvalue weighted by atomic mass is 79.9.